The summed E-state index contributed by atoms with van der Waals surface area (Å²) in [5.74, 6) is 0.0175. The molecule has 5 nitrogen and oxygen atoms in total. The molecule has 0 aromatic heterocycles. The zero-order valence-corrected chi connectivity index (χ0v) is 13.0. The lowest BCUT2D eigenvalue weighted by Crippen LogP contribution is -2.42. The number of benzene rings is 1. The summed E-state index contributed by atoms with van der Waals surface area (Å²) in [5.41, 5.74) is 6.62. The standard InChI is InChI=1S/C17H25N3O2/c18-15(17(22)20-12-6-7-13-20)10-4-5-11-19-16(21)14-8-2-1-3-9-14/h1-3,8-9,15H,4-7,10-13,18H2,(H,19,21). The third kappa shape index (κ3) is 4.84. The lowest BCUT2D eigenvalue weighted by Gasteiger charge is -2.20. The zero-order chi connectivity index (χ0) is 15.8. The van der Waals surface area contributed by atoms with Crippen LogP contribution in [-0.4, -0.2) is 42.4 Å². The van der Waals surface area contributed by atoms with Gasteiger partial charge in [-0.3, -0.25) is 9.59 Å². The van der Waals surface area contributed by atoms with Crippen molar-refractivity contribution >= 4 is 11.8 Å². The Balaban J connectivity index is 1.59. The maximum absolute atomic E-state index is 12.0. The number of likely N-dealkylation sites (tertiary alicyclic amines) is 1. The number of nitrogens with two attached hydrogens (primary N) is 1. The predicted molar refractivity (Wildman–Crippen MR) is 86.4 cm³/mol. The molecule has 2 rings (SSSR count). The molecular formula is C17H25N3O2. The molecule has 1 aliphatic rings. The summed E-state index contributed by atoms with van der Waals surface area (Å²) in [7, 11) is 0. The molecule has 0 radical (unpaired) electrons. The second-order valence-corrected chi connectivity index (χ2v) is 5.76. The molecule has 0 saturated carbocycles. The molecular weight excluding hydrogens is 278 g/mol. The Hall–Kier alpha value is -1.88. The van der Waals surface area contributed by atoms with Gasteiger partial charge in [-0.25, -0.2) is 0 Å². The van der Waals surface area contributed by atoms with Crippen molar-refractivity contribution in [2.24, 2.45) is 5.73 Å². The number of amides is 2. The van der Waals surface area contributed by atoms with Crippen LogP contribution in [0.1, 0.15) is 42.5 Å². The van der Waals surface area contributed by atoms with Crippen molar-refractivity contribution in [2.75, 3.05) is 19.6 Å². The second kappa shape index (κ2) is 8.54. The van der Waals surface area contributed by atoms with Gasteiger partial charge in [0.1, 0.15) is 0 Å². The fourth-order valence-corrected chi connectivity index (χ4v) is 2.68. The highest BCUT2D eigenvalue weighted by atomic mass is 16.2. The van der Waals surface area contributed by atoms with Crippen LogP contribution in [0.2, 0.25) is 0 Å². The third-order valence-corrected chi connectivity index (χ3v) is 4.00. The van der Waals surface area contributed by atoms with E-state index in [0.717, 1.165) is 38.8 Å². The normalized spacial score (nSPS) is 15.6. The van der Waals surface area contributed by atoms with Crippen LogP contribution in [0.5, 0.6) is 0 Å². The summed E-state index contributed by atoms with van der Waals surface area (Å²) < 4.78 is 0. The number of hydrogen-bond donors (Lipinski definition) is 2. The van der Waals surface area contributed by atoms with Crippen molar-refractivity contribution in [3.63, 3.8) is 0 Å². The molecule has 1 saturated heterocycles. The zero-order valence-electron chi connectivity index (χ0n) is 13.0. The van der Waals surface area contributed by atoms with Gasteiger partial charge >= 0.3 is 0 Å². The average molecular weight is 303 g/mol. The smallest absolute Gasteiger partial charge is 0.251 e. The van der Waals surface area contributed by atoms with E-state index in [1.807, 2.05) is 23.1 Å². The summed E-state index contributed by atoms with van der Waals surface area (Å²) in [6.07, 6.45) is 4.53. The SMILES string of the molecule is NC(CCCCNC(=O)c1ccccc1)C(=O)N1CCCC1. The van der Waals surface area contributed by atoms with E-state index in [1.54, 1.807) is 12.1 Å². The molecule has 1 fully saturated rings. The highest BCUT2D eigenvalue weighted by molar-refractivity contribution is 5.94. The number of hydrogen-bond acceptors (Lipinski definition) is 3. The van der Waals surface area contributed by atoms with Crippen LogP contribution < -0.4 is 11.1 Å². The van der Waals surface area contributed by atoms with Gasteiger partial charge in [0.15, 0.2) is 0 Å². The maximum atomic E-state index is 12.0. The van der Waals surface area contributed by atoms with E-state index in [1.165, 1.54) is 0 Å². The van der Waals surface area contributed by atoms with Crippen LogP contribution in [-0.2, 0) is 4.79 Å². The van der Waals surface area contributed by atoms with E-state index in [0.29, 0.717) is 18.5 Å². The number of rotatable bonds is 7. The van der Waals surface area contributed by atoms with Crippen LogP contribution in [0, 0.1) is 0 Å². The van der Waals surface area contributed by atoms with E-state index in [9.17, 15) is 9.59 Å². The molecule has 1 aromatic rings. The summed E-state index contributed by atoms with van der Waals surface area (Å²) in [6, 6.07) is 8.76. The van der Waals surface area contributed by atoms with E-state index < -0.39 is 6.04 Å². The topological polar surface area (TPSA) is 75.4 Å². The van der Waals surface area contributed by atoms with Crippen molar-refractivity contribution in [1.29, 1.82) is 0 Å². The summed E-state index contributed by atoms with van der Waals surface area (Å²) in [5, 5.41) is 2.88. The van der Waals surface area contributed by atoms with Crippen molar-refractivity contribution in [3.05, 3.63) is 35.9 Å². The summed E-state index contributed by atoms with van der Waals surface area (Å²) in [4.78, 5) is 25.7. The second-order valence-electron chi connectivity index (χ2n) is 5.76. The lowest BCUT2D eigenvalue weighted by molar-refractivity contribution is -0.131. The Morgan fingerprint density at radius 3 is 2.50 bits per heavy atom. The molecule has 1 heterocycles. The van der Waals surface area contributed by atoms with Gasteiger partial charge < -0.3 is 16.0 Å². The Morgan fingerprint density at radius 1 is 1.14 bits per heavy atom. The minimum Gasteiger partial charge on any atom is -0.352 e. The highest BCUT2D eigenvalue weighted by Gasteiger charge is 2.22. The predicted octanol–water partition coefficient (Wildman–Crippen LogP) is 1.54. The molecule has 1 aromatic carbocycles. The Morgan fingerprint density at radius 2 is 1.82 bits per heavy atom. The Bertz CT molecular complexity index is 484. The van der Waals surface area contributed by atoms with E-state index in [2.05, 4.69) is 5.32 Å². The fraction of sp³-hybridized carbons (Fsp3) is 0.529. The van der Waals surface area contributed by atoms with Gasteiger partial charge in [-0.05, 0) is 44.2 Å². The average Bonchev–Trinajstić information content (AvgIpc) is 3.08. The van der Waals surface area contributed by atoms with Gasteiger partial charge in [0.25, 0.3) is 5.91 Å². The molecule has 2 amide bonds. The monoisotopic (exact) mass is 303 g/mol. The van der Waals surface area contributed by atoms with Crippen molar-refractivity contribution in [3.8, 4) is 0 Å². The molecule has 5 heteroatoms. The van der Waals surface area contributed by atoms with Crippen LogP contribution in [0.25, 0.3) is 0 Å². The molecule has 120 valence electrons. The summed E-state index contributed by atoms with van der Waals surface area (Å²) in [6.45, 7) is 2.30. The van der Waals surface area contributed by atoms with Gasteiger partial charge in [-0.15, -0.1) is 0 Å². The number of unbranched alkanes of at least 4 members (excludes halogenated alkanes) is 1. The number of carbonyl (C=O) groups excluding carboxylic acids is 2. The number of nitrogens with zero attached hydrogens (tertiary/aromatic N) is 1. The minimum absolute atomic E-state index is 0.0574. The quantitative estimate of drug-likeness (QED) is 0.750. The molecule has 22 heavy (non-hydrogen) atoms. The van der Waals surface area contributed by atoms with Gasteiger partial charge in [0.05, 0.1) is 6.04 Å². The first-order chi connectivity index (χ1) is 10.7. The first-order valence-electron chi connectivity index (χ1n) is 8.06. The minimum atomic E-state index is -0.400. The fourth-order valence-electron chi connectivity index (χ4n) is 2.68. The highest BCUT2D eigenvalue weighted by Crippen LogP contribution is 2.10. The van der Waals surface area contributed by atoms with E-state index in [4.69, 9.17) is 5.73 Å². The van der Waals surface area contributed by atoms with Crippen LogP contribution in [0.3, 0.4) is 0 Å². The molecule has 0 spiro atoms. The number of nitrogens with one attached hydrogen (secondary N) is 1. The Labute approximate surface area is 131 Å². The van der Waals surface area contributed by atoms with Gasteiger partial charge in [0.2, 0.25) is 5.91 Å². The van der Waals surface area contributed by atoms with Crippen molar-refractivity contribution in [2.45, 2.75) is 38.1 Å². The molecule has 0 aliphatic carbocycles. The Kier molecular flexibility index (Phi) is 6.40. The lowest BCUT2D eigenvalue weighted by atomic mass is 10.1. The van der Waals surface area contributed by atoms with Crippen molar-refractivity contribution < 1.29 is 9.59 Å². The van der Waals surface area contributed by atoms with Crippen LogP contribution in [0.4, 0.5) is 0 Å². The number of carbonyl (C=O) groups is 2. The third-order valence-electron chi connectivity index (χ3n) is 4.00. The summed E-state index contributed by atoms with van der Waals surface area (Å²) >= 11 is 0. The molecule has 1 atom stereocenters. The molecule has 1 aliphatic heterocycles. The van der Waals surface area contributed by atoms with Gasteiger partial charge in [-0.2, -0.15) is 0 Å². The van der Waals surface area contributed by atoms with Gasteiger partial charge in [-0.1, -0.05) is 18.2 Å². The molecule has 1 unspecified atom stereocenters. The first kappa shape index (κ1) is 16.5. The molecule has 0 bridgehead atoms. The van der Waals surface area contributed by atoms with Gasteiger partial charge in [0, 0.05) is 25.2 Å². The van der Waals surface area contributed by atoms with E-state index >= 15 is 0 Å². The van der Waals surface area contributed by atoms with Crippen LogP contribution in [0.15, 0.2) is 30.3 Å². The van der Waals surface area contributed by atoms with Crippen molar-refractivity contribution in [1.82, 2.24) is 10.2 Å². The molecule has 3 N–H and O–H groups in total. The first-order valence-corrected chi connectivity index (χ1v) is 8.06. The van der Waals surface area contributed by atoms with E-state index in [-0.39, 0.29) is 11.8 Å². The van der Waals surface area contributed by atoms with Crippen LogP contribution >= 0.6 is 0 Å². The largest absolute Gasteiger partial charge is 0.352 e. The maximum Gasteiger partial charge on any atom is 0.251 e.